The summed E-state index contributed by atoms with van der Waals surface area (Å²) >= 11 is 0. The molecule has 0 saturated heterocycles. The molecule has 1 aromatic carbocycles. The number of carboxylic acid groups (broad SMARTS) is 1. The SMILES string of the molecule is CCC(C)C(NC(=O)c1cc(F)ccc1OC)C(=O)O. The minimum atomic E-state index is -1.12. The van der Waals surface area contributed by atoms with Crippen molar-refractivity contribution in [1.29, 1.82) is 0 Å². The van der Waals surface area contributed by atoms with E-state index < -0.39 is 23.7 Å². The highest BCUT2D eigenvalue weighted by atomic mass is 19.1. The monoisotopic (exact) mass is 283 g/mol. The Morgan fingerprint density at radius 1 is 1.45 bits per heavy atom. The summed E-state index contributed by atoms with van der Waals surface area (Å²) in [5.41, 5.74) is -0.0259. The van der Waals surface area contributed by atoms with Gasteiger partial charge in [0.25, 0.3) is 5.91 Å². The summed E-state index contributed by atoms with van der Waals surface area (Å²) < 4.78 is 18.2. The van der Waals surface area contributed by atoms with E-state index >= 15 is 0 Å². The first kappa shape index (κ1) is 15.9. The molecule has 0 aliphatic heterocycles. The Labute approximate surface area is 116 Å². The Morgan fingerprint density at radius 3 is 2.60 bits per heavy atom. The molecule has 2 atom stereocenters. The van der Waals surface area contributed by atoms with Crippen LogP contribution in [-0.2, 0) is 4.79 Å². The fraction of sp³-hybridized carbons (Fsp3) is 0.429. The van der Waals surface area contributed by atoms with Crippen LogP contribution >= 0.6 is 0 Å². The van der Waals surface area contributed by atoms with Crippen molar-refractivity contribution in [2.75, 3.05) is 7.11 Å². The van der Waals surface area contributed by atoms with Crippen LogP contribution in [0.1, 0.15) is 30.6 Å². The van der Waals surface area contributed by atoms with Gasteiger partial charge in [-0.25, -0.2) is 9.18 Å². The topological polar surface area (TPSA) is 75.6 Å². The molecule has 0 aromatic heterocycles. The number of ether oxygens (including phenoxy) is 1. The molecule has 5 nitrogen and oxygen atoms in total. The summed E-state index contributed by atoms with van der Waals surface area (Å²) in [6.45, 7) is 3.55. The van der Waals surface area contributed by atoms with Gasteiger partial charge >= 0.3 is 5.97 Å². The largest absolute Gasteiger partial charge is 0.496 e. The second-order valence-corrected chi connectivity index (χ2v) is 4.52. The number of nitrogens with one attached hydrogen (secondary N) is 1. The first-order valence-electron chi connectivity index (χ1n) is 6.27. The van der Waals surface area contributed by atoms with Crippen LogP contribution in [0.3, 0.4) is 0 Å². The zero-order valence-corrected chi connectivity index (χ0v) is 11.6. The van der Waals surface area contributed by atoms with E-state index in [4.69, 9.17) is 9.84 Å². The third-order valence-electron chi connectivity index (χ3n) is 3.17. The quantitative estimate of drug-likeness (QED) is 0.838. The molecule has 1 amide bonds. The Kier molecular flexibility index (Phi) is 5.49. The number of carboxylic acids is 1. The van der Waals surface area contributed by atoms with Gasteiger partial charge in [0.2, 0.25) is 0 Å². The molecular formula is C14H18FNO4. The maximum atomic E-state index is 13.2. The molecule has 0 saturated carbocycles. The summed E-state index contributed by atoms with van der Waals surface area (Å²) in [6, 6.07) is 2.48. The summed E-state index contributed by atoms with van der Waals surface area (Å²) in [5.74, 6) is -2.43. The number of hydrogen-bond donors (Lipinski definition) is 2. The van der Waals surface area contributed by atoms with Crippen molar-refractivity contribution in [2.24, 2.45) is 5.92 Å². The maximum Gasteiger partial charge on any atom is 0.326 e. The molecule has 0 fully saturated rings. The molecule has 0 aliphatic carbocycles. The molecule has 2 unspecified atom stereocenters. The van der Waals surface area contributed by atoms with E-state index in [0.717, 1.165) is 6.07 Å². The smallest absolute Gasteiger partial charge is 0.326 e. The fourth-order valence-corrected chi connectivity index (χ4v) is 1.76. The van der Waals surface area contributed by atoms with Gasteiger partial charge in [-0.05, 0) is 24.1 Å². The lowest BCUT2D eigenvalue weighted by Gasteiger charge is -2.20. The minimum absolute atomic E-state index is 0.0259. The lowest BCUT2D eigenvalue weighted by atomic mass is 9.99. The van der Waals surface area contributed by atoms with Crippen LogP contribution in [0.15, 0.2) is 18.2 Å². The Balaban J connectivity index is 3.00. The lowest BCUT2D eigenvalue weighted by Crippen LogP contribution is -2.45. The minimum Gasteiger partial charge on any atom is -0.496 e. The van der Waals surface area contributed by atoms with Crippen LogP contribution in [0.25, 0.3) is 0 Å². The molecule has 0 spiro atoms. The highest BCUT2D eigenvalue weighted by Gasteiger charge is 2.26. The molecule has 0 radical (unpaired) electrons. The van der Waals surface area contributed by atoms with Gasteiger partial charge < -0.3 is 15.2 Å². The predicted octanol–water partition coefficient (Wildman–Crippen LogP) is 2.06. The number of halogens is 1. The van der Waals surface area contributed by atoms with Gasteiger partial charge in [-0.15, -0.1) is 0 Å². The third-order valence-corrected chi connectivity index (χ3v) is 3.17. The molecule has 6 heteroatoms. The molecule has 20 heavy (non-hydrogen) atoms. The van der Waals surface area contributed by atoms with Crippen LogP contribution in [-0.4, -0.2) is 30.1 Å². The standard InChI is InChI=1S/C14H18FNO4/c1-4-8(2)12(14(18)19)16-13(17)10-7-9(15)5-6-11(10)20-3/h5-8,12H,4H2,1-3H3,(H,16,17)(H,18,19). The van der Waals surface area contributed by atoms with Crippen molar-refractivity contribution in [3.63, 3.8) is 0 Å². The number of amides is 1. The molecule has 2 N–H and O–H groups in total. The van der Waals surface area contributed by atoms with Crippen molar-refractivity contribution in [3.8, 4) is 5.75 Å². The van der Waals surface area contributed by atoms with Gasteiger partial charge in [0, 0.05) is 0 Å². The molecular weight excluding hydrogens is 265 g/mol. The van der Waals surface area contributed by atoms with Crippen LogP contribution in [0.4, 0.5) is 4.39 Å². The average molecular weight is 283 g/mol. The van der Waals surface area contributed by atoms with E-state index in [1.807, 2.05) is 6.92 Å². The predicted molar refractivity (Wildman–Crippen MR) is 71.3 cm³/mol. The van der Waals surface area contributed by atoms with Crippen molar-refractivity contribution < 1.29 is 23.8 Å². The van der Waals surface area contributed by atoms with Crippen LogP contribution in [0, 0.1) is 11.7 Å². The molecule has 1 rings (SSSR count). The number of hydrogen-bond acceptors (Lipinski definition) is 3. The lowest BCUT2D eigenvalue weighted by molar-refractivity contribution is -0.140. The van der Waals surface area contributed by atoms with Gasteiger partial charge in [-0.3, -0.25) is 4.79 Å². The van der Waals surface area contributed by atoms with Crippen molar-refractivity contribution >= 4 is 11.9 Å². The molecule has 1 aromatic rings. The first-order chi connectivity index (χ1) is 9.40. The van der Waals surface area contributed by atoms with E-state index in [9.17, 15) is 14.0 Å². The number of carbonyl (C=O) groups excluding carboxylic acids is 1. The third kappa shape index (κ3) is 3.69. The van der Waals surface area contributed by atoms with E-state index in [1.165, 1.54) is 19.2 Å². The summed E-state index contributed by atoms with van der Waals surface area (Å²) in [6.07, 6.45) is 0.595. The summed E-state index contributed by atoms with van der Waals surface area (Å²) in [4.78, 5) is 23.3. The Hall–Kier alpha value is -2.11. The molecule has 0 aliphatic rings. The van der Waals surface area contributed by atoms with Gasteiger partial charge in [-0.1, -0.05) is 20.3 Å². The van der Waals surface area contributed by atoms with E-state index in [1.54, 1.807) is 6.92 Å². The first-order valence-corrected chi connectivity index (χ1v) is 6.27. The molecule has 0 bridgehead atoms. The Bertz CT molecular complexity index is 504. The van der Waals surface area contributed by atoms with Gasteiger partial charge in [0.1, 0.15) is 17.6 Å². The van der Waals surface area contributed by atoms with Crippen LogP contribution in [0.5, 0.6) is 5.75 Å². The zero-order chi connectivity index (χ0) is 15.3. The molecule has 0 heterocycles. The number of rotatable bonds is 6. The van der Waals surface area contributed by atoms with Crippen LogP contribution < -0.4 is 10.1 Å². The summed E-state index contributed by atoms with van der Waals surface area (Å²) in [5, 5.41) is 11.5. The summed E-state index contributed by atoms with van der Waals surface area (Å²) in [7, 11) is 1.35. The average Bonchev–Trinajstić information content (AvgIpc) is 2.43. The van der Waals surface area contributed by atoms with Gasteiger partial charge in [0.15, 0.2) is 0 Å². The van der Waals surface area contributed by atoms with Gasteiger partial charge in [-0.2, -0.15) is 0 Å². The van der Waals surface area contributed by atoms with E-state index in [0.29, 0.717) is 6.42 Å². The number of aliphatic carboxylic acids is 1. The normalized spacial score (nSPS) is 13.4. The van der Waals surface area contributed by atoms with Crippen molar-refractivity contribution in [2.45, 2.75) is 26.3 Å². The highest BCUT2D eigenvalue weighted by molar-refractivity contribution is 5.99. The van der Waals surface area contributed by atoms with Crippen LogP contribution in [0.2, 0.25) is 0 Å². The van der Waals surface area contributed by atoms with E-state index in [2.05, 4.69) is 5.32 Å². The highest BCUT2D eigenvalue weighted by Crippen LogP contribution is 2.20. The second kappa shape index (κ2) is 6.88. The van der Waals surface area contributed by atoms with Crippen molar-refractivity contribution in [3.05, 3.63) is 29.6 Å². The maximum absolute atomic E-state index is 13.2. The number of benzene rings is 1. The number of carbonyl (C=O) groups is 2. The zero-order valence-electron chi connectivity index (χ0n) is 11.6. The Morgan fingerprint density at radius 2 is 2.10 bits per heavy atom. The fourth-order valence-electron chi connectivity index (χ4n) is 1.76. The van der Waals surface area contributed by atoms with Crippen molar-refractivity contribution in [1.82, 2.24) is 5.32 Å². The second-order valence-electron chi connectivity index (χ2n) is 4.52. The number of methoxy groups -OCH3 is 1. The van der Waals surface area contributed by atoms with E-state index in [-0.39, 0.29) is 17.2 Å². The van der Waals surface area contributed by atoms with Gasteiger partial charge in [0.05, 0.1) is 12.7 Å². The molecule has 110 valence electrons.